The average molecular weight is 512 g/mol. The van der Waals surface area contributed by atoms with E-state index in [0.29, 0.717) is 42.6 Å². The van der Waals surface area contributed by atoms with Crippen LogP contribution in [-0.2, 0) is 24.2 Å². The smallest absolute Gasteiger partial charge is 0.222 e. The topological polar surface area (TPSA) is 138 Å². The van der Waals surface area contributed by atoms with Crippen molar-refractivity contribution in [3.8, 4) is 5.75 Å². The summed E-state index contributed by atoms with van der Waals surface area (Å²) in [5.74, 6) is 1.81. The van der Waals surface area contributed by atoms with Crippen LogP contribution in [-0.4, -0.2) is 64.4 Å². The summed E-state index contributed by atoms with van der Waals surface area (Å²) in [5.41, 5.74) is 16.7. The highest BCUT2D eigenvalue weighted by Crippen LogP contribution is 2.33. The van der Waals surface area contributed by atoms with E-state index in [1.807, 2.05) is 15.8 Å². The minimum absolute atomic E-state index is 0.0345. The number of methoxy groups -OCH3 is 1. The van der Waals surface area contributed by atoms with Gasteiger partial charge < -0.3 is 30.9 Å². The van der Waals surface area contributed by atoms with E-state index in [9.17, 15) is 5.11 Å². The molecular formula is C27H41N7O3. The second kappa shape index (κ2) is 13.0. The van der Waals surface area contributed by atoms with Crippen molar-refractivity contribution in [2.75, 3.05) is 44.0 Å². The van der Waals surface area contributed by atoms with Gasteiger partial charge in [-0.05, 0) is 49.7 Å². The Kier molecular flexibility index (Phi) is 9.54. The van der Waals surface area contributed by atoms with Crippen molar-refractivity contribution in [3.63, 3.8) is 0 Å². The van der Waals surface area contributed by atoms with Crippen LogP contribution >= 0.6 is 0 Å². The molecule has 202 valence electrons. The molecule has 2 aliphatic rings. The summed E-state index contributed by atoms with van der Waals surface area (Å²) in [5, 5.41) is 14.3. The molecule has 10 heteroatoms. The van der Waals surface area contributed by atoms with E-state index in [2.05, 4.69) is 29.0 Å². The van der Waals surface area contributed by atoms with Gasteiger partial charge in [-0.1, -0.05) is 25.5 Å². The van der Waals surface area contributed by atoms with Crippen LogP contribution < -0.4 is 21.1 Å². The van der Waals surface area contributed by atoms with Crippen LogP contribution in [0, 0.1) is 0 Å². The highest BCUT2D eigenvalue weighted by Gasteiger charge is 2.20. The fraction of sp³-hybridized carbons (Fsp3) is 0.593. The molecule has 0 bridgehead atoms. The van der Waals surface area contributed by atoms with Gasteiger partial charge in [-0.2, -0.15) is 10.1 Å². The zero-order chi connectivity index (χ0) is 26.2. The summed E-state index contributed by atoms with van der Waals surface area (Å²) >= 11 is 0. The molecule has 0 saturated heterocycles. The van der Waals surface area contributed by atoms with E-state index in [-0.39, 0.29) is 12.6 Å². The van der Waals surface area contributed by atoms with Gasteiger partial charge in [0.1, 0.15) is 11.3 Å². The maximum absolute atomic E-state index is 9.53. The molecule has 37 heavy (non-hydrogen) atoms. The fourth-order valence-electron chi connectivity index (χ4n) is 4.75. The van der Waals surface area contributed by atoms with E-state index < -0.39 is 0 Å². The number of rotatable bonds is 10. The molecule has 0 radical (unpaired) electrons. The van der Waals surface area contributed by atoms with Crippen molar-refractivity contribution in [1.29, 1.82) is 0 Å². The monoisotopic (exact) mass is 511 g/mol. The number of nitrogens with zero attached hydrogens (tertiary/aromatic N) is 5. The van der Waals surface area contributed by atoms with E-state index >= 15 is 0 Å². The van der Waals surface area contributed by atoms with Crippen LogP contribution in [0.15, 0.2) is 18.3 Å². The number of hydrogen-bond donors (Lipinski definition) is 3. The zero-order valence-corrected chi connectivity index (χ0v) is 22.2. The minimum atomic E-state index is 0.0345. The number of aliphatic hydroxyl groups excluding tert-OH is 1. The number of benzene rings is 1. The molecule has 1 aliphatic heterocycles. The van der Waals surface area contributed by atoms with Crippen LogP contribution in [0.5, 0.6) is 5.75 Å². The van der Waals surface area contributed by atoms with Crippen LogP contribution in [0.3, 0.4) is 0 Å². The summed E-state index contributed by atoms with van der Waals surface area (Å²) in [6, 6.07) is 4.15. The average Bonchev–Trinajstić information content (AvgIpc) is 3.28. The highest BCUT2D eigenvalue weighted by atomic mass is 16.5. The number of hydrogen-bond acceptors (Lipinski definition) is 9. The standard InChI is InChI=1S/C22H31N7O2.C5H10O/c1-2-3-8-28(9-10-30)21-19-18(25-22(24)26-21)14-29(27-19)13-16-7-6-15(12-23)17-5-4-11-31-20(16)17;1-6-5-3-2-4-5/h6-7,14,30H,2-5,8-13,23H2,1H3,(H2,24,25);5H,2-4H2,1H3. The first-order valence-electron chi connectivity index (χ1n) is 13.4. The van der Waals surface area contributed by atoms with Gasteiger partial charge in [0.15, 0.2) is 11.3 Å². The largest absolute Gasteiger partial charge is 0.493 e. The lowest BCUT2D eigenvalue weighted by molar-refractivity contribution is 0.0412. The highest BCUT2D eigenvalue weighted by molar-refractivity contribution is 5.86. The van der Waals surface area contributed by atoms with E-state index in [1.165, 1.54) is 24.8 Å². The number of aliphatic hydroxyl groups is 1. The number of ether oxygens (including phenoxy) is 2. The SMILES string of the molecule is CCCCN(CCO)c1nc(N)nc2cn(Cc3ccc(CN)c4c3OCCC4)nc12.COC1CCC1. The van der Waals surface area contributed by atoms with Crippen molar-refractivity contribution in [2.45, 2.75) is 71.1 Å². The summed E-state index contributed by atoms with van der Waals surface area (Å²) in [6.45, 7) is 5.19. The summed E-state index contributed by atoms with van der Waals surface area (Å²) in [7, 11) is 1.78. The van der Waals surface area contributed by atoms with Crippen molar-refractivity contribution in [2.24, 2.45) is 5.73 Å². The van der Waals surface area contributed by atoms with Crippen LogP contribution in [0.4, 0.5) is 11.8 Å². The van der Waals surface area contributed by atoms with Crippen LogP contribution in [0.25, 0.3) is 11.0 Å². The Balaban J connectivity index is 0.000000469. The van der Waals surface area contributed by atoms with Gasteiger partial charge in [-0.3, -0.25) is 4.68 Å². The molecule has 1 saturated carbocycles. The first-order valence-corrected chi connectivity index (χ1v) is 13.4. The number of unbranched alkanes of at least 4 members (excludes halogenated alkanes) is 1. The van der Waals surface area contributed by atoms with Gasteiger partial charge in [-0.15, -0.1) is 0 Å². The number of aromatic nitrogens is 4. The van der Waals surface area contributed by atoms with Crippen LogP contribution in [0.1, 0.15) is 62.1 Å². The Labute approximate surface area is 219 Å². The molecule has 10 nitrogen and oxygen atoms in total. The van der Waals surface area contributed by atoms with Crippen molar-refractivity contribution in [1.82, 2.24) is 19.7 Å². The summed E-state index contributed by atoms with van der Waals surface area (Å²) in [4.78, 5) is 10.9. The minimum Gasteiger partial charge on any atom is -0.493 e. The predicted molar refractivity (Wildman–Crippen MR) is 146 cm³/mol. The zero-order valence-electron chi connectivity index (χ0n) is 22.2. The van der Waals surface area contributed by atoms with Gasteiger partial charge in [0.05, 0.1) is 32.1 Å². The fourth-order valence-corrected chi connectivity index (χ4v) is 4.75. The van der Waals surface area contributed by atoms with E-state index in [0.717, 1.165) is 55.7 Å². The van der Waals surface area contributed by atoms with Crippen molar-refractivity contribution in [3.05, 3.63) is 35.0 Å². The predicted octanol–water partition coefficient (Wildman–Crippen LogP) is 3.02. The molecule has 0 spiro atoms. The Morgan fingerprint density at radius 1 is 1.19 bits per heavy atom. The Morgan fingerprint density at radius 3 is 2.65 bits per heavy atom. The van der Waals surface area contributed by atoms with E-state index in [1.54, 1.807) is 7.11 Å². The summed E-state index contributed by atoms with van der Waals surface area (Å²) < 4.78 is 12.9. The molecule has 1 aliphatic carbocycles. The summed E-state index contributed by atoms with van der Waals surface area (Å²) in [6.07, 6.45) is 10.5. The van der Waals surface area contributed by atoms with Crippen molar-refractivity contribution < 1.29 is 14.6 Å². The van der Waals surface area contributed by atoms with E-state index in [4.69, 9.17) is 26.0 Å². The van der Waals surface area contributed by atoms with Crippen molar-refractivity contribution >= 4 is 22.8 Å². The normalized spacial score (nSPS) is 14.9. The Hall–Kier alpha value is -2.95. The molecule has 1 fully saturated rings. The van der Waals surface area contributed by atoms with Gasteiger partial charge in [0.2, 0.25) is 5.95 Å². The molecular weight excluding hydrogens is 470 g/mol. The lowest BCUT2D eigenvalue weighted by atomic mass is 9.96. The Bertz CT molecular complexity index is 1160. The van der Waals surface area contributed by atoms with Gasteiger partial charge >= 0.3 is 0 Å². The molecule has 0 amide bonds. The number of fused-ring (bicyclic) bond motifs is 2. The molecule has 2 aromatic heterocycles. The third-order valence-corrected chi connectivity index (χ3v) is 7.06. The Morgan fingerprint density at radius 2 is 2.00 bits per heavy atom. The molecule has 0 atom stereocenters. The molecule has 0 unspecified atom stereocenters. The van der Waals surface area contributed by atoms with Gasteiger partial charge in [-0.25, -0.2) is 4.98 Å². The second-order valence-electron chi connectivity index (χ2n) is 9.67. The first kappa shape index (κ1) is 27.1. The third kappa shape index (κ3) is 6.49. The second-order valence-corrected chi connectivity index (χ2v) is 9.67. The number of nitrogen functional groups attached to an aromatic ring is 1. The van der Waals surface area contributed by atoms with Gasteiger partial charge in [0, 0.05) is 32.3 Å². The maximum Gasteiger partial charge on any atom is 0.222 e. The molecule has 1 aromatic carbocycles. The third-order valence-electron chi connectivity index (χ3n) is 7.06. The molecule has 3 aromatic rings. The molecule has 3 heterocycles. The molecule has 5 rings (SSSR count). The molecule has 5 N–H and O–H groups in total. The lowest BCUT2D eigenvalue weighted by Gasteiger charge is -2.23. The first-order chi connectivity index (χ1) is 18.1. The maximum atomic E-state index is 9.53. The number of nitrogens with two attached hydrogens (primary N) is 2. The quantitative estimate of drug-likeness (QED) is 0.375. The number of anilines is 2. The van der Waals surface area contributed by atoms with Crippen LogP contribution in [0.2, 0.25) is 0 Å². The van der Waals surface area contributed by atoms with Gasteiger partial charge in [0.25, 0.3) is 0 Å². The lowest BCUT2D eigenvalue weighted by Crippen LogP contribution is -2.29.